The number of hydrogen-bond donors (Lipinski definition) is 1. The van der Waals surface area contributed by atoms with E-state index in [4.69, 9.17) is 4.74 Å². The molecule has 1 aliphatic heterocycles. The topological polar surface area (TPSA) is 41.2 Å². The van der Waals surface area contributed by atoms with Crippen molar-refractivity contribution >= 4 is 0 Å². The molecule has 3 rings (SSSR count). The molecule has 70 valence electrons. The molecule has 13 heavy (non-hydrogen) atoms. The normalized spacial score (nSPS) is 25.7. The second-order valence-corrected chi connectivity index (χ2v) is 3.99. The lowest BCUT2D eigenvalue weighted by atomic mass is 9.95. The maximum atomic E-state index is 5.22. The molecule has 1 aromatic rings. The second kappa shape index (κ2) is 2.84. The van der Waals surface area contributed by atoms with Gasteiger partial charge in [0.1, 0.15) is 0 Å². The number of aromatic nitrogens is 2. The largest absolute Gasteiger partial charge is 0.373 e. The smallest absolute Gasteiger partial charge is 0.0866 e. The van der Waals surface area contributed by atoms with Gasteiger partial charge in [0.25, 0.3) is 0 Å². The van der Waals surface area contributed by atoms with Gasteiger partial charge in [-0.05, 0) is 31.2 Å². The number of hydrogen-bond acceptors (Lipinski definition) is 2. The lowest BCUT2D eigenvalue weighted by Crippen LogP contribution is -2.04. The maximum absolute atomic E-state index is 5.22. The quantitative estimate of drug-likeness (QED) is 0.692. The number of ether oxygens (including phenoxy) is 1. The third-order valence-electron chi connectivity index (χ3n) is 2.97. The highest BCUT2D eigenvalue weighted by atomic mass is 16.6. The summed E-state index contributed by atoms with van der Waals surface area (Å²) in [6.07, 6.45) is 6.53. The van der Waals surface area contributed by atoms with Crippen molar-refractivity contribution in [2.24, 2.45) is 0 Å². The molecule has 0 saturated carbocycles. The van der Waals surface area contributed by atoms with E-state index in [0.717, 1.165) is 13.0 Å². The summed E-state index contributed by atoms with van der Waals surface area (Å²) in [6, 6.07) is 0. The standard InChI is InChI=1S/C10H14N2O/c1-2-4-9-8(3-1)10(12-11-9)5-7-6-13-7/h7H,1-6H2,(H,11,12). The molecule has 3 heteroatoms. The summed E-state index contributed by atoms with van der Waals surface area (Å²) in [5, 5.41) is 7.53. The SMILES string of the molecule is C1CCc2c(CC3CO3)n[nH]c2C1. The Kier molecular flexibility index (Phi) is 1.65. The zero-order valence-corrected chi connectivity index (χ0v) is 7.68. The first kappa shape index (κ1) is 7.56. The van der Waals surface area contributed by atoms with Crippen LogP contribution in [0.3, 0.4) is 0 Å². The molecule has 1 aromatic heterocycles. The van der Waals surface area contributed by atoms with Crippen LogP contribution in [0, 0.1) is 0 Å². The summed E-state index contributed by atoms with van der Waals surface area (Å²) in [5.74, 6) is 0. The first-order valence-corrected chi connectivity index (χ1v) is 5.10. The molecule has 1 fully saturated rings. The molecule has 0 radical (unpaired) electrons. The van der Waals surface area contributed by atoms with Crippen LogP contribution in [-0.2, 0) is 24.0 Å². The number of epoxide rings is 1. The molecule has 1 aliphatic carbocycles. The fourth-order valence-corrected chi connectivity index (χ4v) is 2.12. The number of nitrogens with one attached hydrogen (secondary N) is 1. The molecule has 1 N–H and O–H groups in total. The Morgan fingerprint density at radius 2 is 2.23 bits per heavy atom. The van der Waals surface area contributed by atoms with Crippen molar-refractivity contribution in [1.29, 1.82) is 0 Å². The van der Waals surface area contributed by atoms with Crippen LogP contribution in [0.2, 0.25) is 0 Å². The monoisotopic (exact) mass is 178 g/mol. The van der Waals surface area contributed by atoms with Crippen LogP contribution in [0.5, 0.6) is 0 Å². The van der Waals surface area contributed by atoms with Gasteiger partial charge in [-0.3, -0.25) is 5.10 Å². The van der Waals surface area contributed by atoms with Crippen molar-refractivity contribution < 1.29 is 4.74 Å². The van der Waals surface area contributed by atoms with E-state index in [9.17, 15) is 0 Å². The van der Waals surface area contributed by atoms with Gasteiger partial charge in [-0.15, -0.1) is 0 Å². The minimum Gasteiger partial charge on any atom is -0.373 e. The Morgan fingerprint density at radius 1 is 1.38 bits per heavy atom. The number of fused-ring (bicyclic) bond motifs is 1. The van der Waals surface area contributed by atoms with E-state index in [-0.39, 0.29) is 0 Å². The minimum absolute atomic E-state index is 0.467. The average molecular weight is 178 g/mol. The Bertz CT molecular complexity index is 315. The third-order valence-corrected chi connectivity index (χ3v) is 2.97. The molecular formula is C10H14N2O. The summed E-state index contributed by atoms with van der Waals surface area (Å²) in [5.41, 5.74) is 4.13. The molecule has 1 unspecified atom stereocenters. The number of aryl methyl sites for hydroxylation is 1. The van der Waals surface area contributed by atoms with E-state index in [1.165, 1.54) is 42.6 Å². The van der Waals surface area contributed by atoms with E-state index in [2.05, 4.69) is 10.2 Å². The van der Waals surface area contributed by atoms with E-state index >= 15 is 0 Å². The highest BCUT2D eigenvalue weighted by Crippen LogP contribution is 2.25. The van der Waals surface area contributed by atoms with Gasteiger partial charge < -0.3 is 4.74 Å². The molecule has 0 bridgehead atoms. The summed E-state index contributed by atoms with van der Waals surface area (Å²) in [7, 11) is 0. The second-order valence-electron chi connectivity index (χ2n) is 3.99. The van der Waals surface area contributed by atoms with Crippen LogP contribution in [0.25, 0.3) is 0 Å². The first-order chi connectivity index (χ1) is 6.43. The Hall–Kier alpha value is -0.830. The first-order valence-electron chi connectivity index (χ1n) is 5.10. The Labute approximate surface area is 77.5 Å². The van der Waals surface area contributed by atoms with Crippen molar-refractivity contribution in [3.05, 3.63) is 17.0 Å². The highest BCUT2D eigenvalue weighted by Gasteiger charge is 2.26. The van der Waals surface area contributed by atoms with Crippen LogP contribution in [0.4, 0.5) is 0 Å². The van der Waals surface area contributed by atoms with Crippen molar-refractivity contribution in [2.45, 2.75) is 38.2 Å². The predicted octanol–water partition coefficient (Wildman–Crippen LogP) is 1.23. The Morgan fingerprint density at radius 3 is 3.08 bits per heavy atom. The minimum atomic E-state index is 0.467. The molecule has 2 heterocycles. The van der Waals surface area contributed by atoms with Crippen molar-refractivity contribution in [3.8, 4) is 0 Å². The van der Waals surface area contributed by atoms with Gasteiger partial charge in [-0.2, -0.15) is 5.10 Å². The van der Waals surface area contributed by atoms with Gasteiger partial charge in [-0.25, -0.2) is 0 Å². The molecule has 0 amide bonds. The number of nitrogens with zero attached hydrogens (tertiary/aromatic N) is 1. The molecule has 3 nitrogen and oxygen atoms in total. The van der Waals surface area contributed by atoms with Crippen LogP contribution in [-0.4, -0.2) is 22.9 Å². The van der Waals surface area contributed by atoms with E-state index < -0.39 is 0 Å². The van der Waals surface area contributed by atoms with Gasteiger partial charge in [0.15, 0.2) is 0 Å². The van der Waals surface area contributed by atoms with E-state index in [1.54, 1.807) is 0 Å². The van der Waals surface area contributed by atoms with Crippen molar-refractivity contribution in [3.63, 3.8) is 0 Å². The lowest BCUT2D eigenvalue weighted by Gasteiger charge is -2.10. The summed E-state index contributed by atoms with van der Waals surface area (Å²) in [6.45, 7) is 0.932. The molecule has 0 spiro atoms. The maximum Gasteiger partial charge on any atom is 0.0866 e. The van der Waals surface area contributed by atoms with Gasteiger partial charge in [0.2, 0.25) is 0 Å². The van der Waals surface area contributed by atoms with Crippen LogP contribution >= 0.6 is 0 Å². The third kappa shape index (κ3) is 1.37. The van der Waals surface area contributed by atoms with Gasteiger partial charge in [-0.1, -0.05) is 0 Å². The van der Waals surface area contributed by atoms with Crippen LogP contribution in [0.1, 0.15) is 29.8 Å². The molecule has 1 saturated heterocycles. The fraction of sp³-hybridized carbons (Fsp3) is 0.700. The highest BCUT2D eigenvalue weighted by molar-refractivity contribution is 5.28. The zero-order chi connectivity index (χ0) is 8.67. The van der Waals surface area contributed by atoms with Crippen LogP contribution in [0.15, 0.2) is 0 Å². The van der Waals surface area contributed by atoms with Gasteiger partial charge >= 0.3 is 0 Å². The average Bonchev–Trinajstić information content (AvgIpc) is 2.88. The number of H-pyrrole nitrogens is 1. The van der Waals surface area contributed by atoms with Gasteiger partial charge in [0.05, 0.1) is 18.4 Å². The fourth-order valence-electron chi connectivity index (χ4n) is 2.12. The predicted molar refractivity (Wildman–Crippen MR) is 48.7 cm³/mol. The molecular weight excluding hydrogens is 164 g/mol. The van der Waals surface area contributed by atoms with Crippen molar-refractivity contribution in [1.82, 2.24) is 10.2 Å². The zero-order valence-electron chi connectivity index (χ0n) is 7.68. The summed E-state index contributed by atoms with van der Waals surface area (Å²) in [4.78, 5) is 0. The molecule has 0 aromatic carbocycles. The Balaban J connectivity index is 1.86. The van der Waals surface area contributed by atoms with E-state index in [1.807, 2.05) is 0 Å². The summed E-state index contributed by atoms with van der Waals surface area (Å²) < 4.78 is 5.22. The molecule has 1 atom stereocenters. The van der Waals surface area contributed by atoms with E-state index in [0.29, 0.717) is 6.10 Å². The number of aromatic amines is 1. The van der Waals surface area contributed by atoms with Crippen molar-refractivity contribution in [2.75, 3.05) is 6.61 Å². The van der Waals surface area contributed by atoms with Gasteiger partial charge in [0, 0.05) is 12.1 Å². The number of rotatable bonds is 2. The summed E-state index contributed by atoms with van der Waals surface area (Å²) >= 11 is 0. The molecule has 2 aliphatic rings. The lowest BCUT2D eigenvalue weighted by molar-refractivity contribution is 0.405. The van der Waals surface area contributed by atoms with Crippen LogP contribution < -0.4 is 0 Å².